The second-order valence-corrected chi connectivity index (χ2v) is 3.45. The summed E-state index contributed by atoms with van der Waals surface area (Å²) >= 11 is 0. The van der Waals surface area contributed by atoms with Crippen molar-refractivity contribution in [3.63, 3.8) is 0 Å². The van der Waals surface area contributed by atoms with E-state index in [-0.39, 0.29) is 12.1 Å². The Morgan fingerprint density at radius 3 is 2.27 bits per heavy atom. The van der Waals surface area contributed by atoms with E-state index in [4.69, 9.17) is 5.11 Å². The number of non-ortho nitro benzene ring substituents is 1. The maximum atomic E-state index is 10.4. The summed E-state index contributed by atoms with van der Waals surface area (Å²) in [6.07, 6.45) is -1.17. The topological polar surface area (TPSA) is 83.6 Å². The molecular formula is C10H13NO4. The van der Waals surface area contributed by atoms with E-state index in [0.29, 0.717) is 5.56 Å². The molecule has 0 aliphatic heterocycles. The van der Waals surface area contributed by atoms with Crippen LogP contribution in [0.4, 0.5) is 5.69 Å². The van der Waals surface area contributed by atoms with Gasteiger partial charge < -0.3 is 10.2 Å². The fraction of sp³-hybridized carbons (Fsp3) is 0.400. The van der Waals surface area contributed by atoms with Crippen LogP contribution in [0.15, 0.2) is 24.3 Å². The van der Waals surface area contributed by atoms with Gasteiger partial charge in [0.1, 0.15) is 0 Å². The van der Waals surface area contributed by atoms with Gasteiger partial charge in [0.05, 0.1) is 17.1 Å². The lowest BCUT2D eigenvalue weighted by Gasteiger charge is -2.12. The van der Waals surface area contributed by atoms with Gasteiger partial charge in [-0.3, -0.25) is 10.1 Å². The van der Waals surface area contributed by atoms with Crippen LogP contribution in [0.1, 0.15) is 25.0 Å². The Morgan fingerprint density at radius 2 is 1.87 bits per heavy atom. The average molecular weight is 211 g/mol. The second-order valence-electron chi connectivity index (χ2n) is 3.45. The summed E-state index contributed by atoms with van der Waals surface area (Å²) in [6, 6.07) is 5.65. The highest BCUT2D eigenvalue weighted by atomic mass is 16.6. The molecule has 0 unspecified atom stereocenters. The average Bonchev–Trinajstić information content (AvgIpc) is 2.17. The highest BCUT2D eigenvalue weighted by Crippen LogP contribution is 2.21. The first-order chi connectivity index (χ1) is 7.00. The monoisotopic (exact) mass is 211 g/mol. The molecule has 1 aromatic rings. The van der Waals surface area contributed by atoms with Gasteiger partial charge >= 0.3 is 0 Å². The highest BCUT2D eigenvalue weighted by Gasteiger charge is 2.12. The van der Waals surface area contributed by atoms with Gasteiger partial charge in [-0.25, -0.2) is 0 Å². The number of aliphatic hydroxyl groups excluding tert-OH is 2. The molecule has 1 aromatic carbocycles. The zero-order valence-corrected chi connectivity index (χ0v) is 8.33. The van der Waals surface area contributed by atoms with Crippen LogP contribution in [0, 0.1) is 10.1 Å². The highest BCUT2D eigenvalue weighted by molar-refractivity contribution is 5.33. The van der Waals surface area contributed by atoms with Crippen molar-refractivity contribution in [3.8, 4) is 0 Å². The molecular weight excluding hydrogens is 198 g/mol. The standard InChI is InChI=1S/C10H13NO4/c1-7(12)6-10(13)8-2-4-9(5-3-8)11(14)15/h2-5,7,10,12-13H,6H2,1H3/t7-,10+/m1/s1. The van der Waals surface area contributed by atoms with Crippen molar-refractivity contribution in [1.82, 2.24) is 0 Å². The molecule has 82 valence electrons. The molecule has 5 nitrogen and oxygen atoms in total. The van der Waals surface area contributed by atoms with Gasteiger partial charge in [-0.15, -0.1) is 0 Å². The van der Waals surface area contributed by atoms with Crippen LogP contribution in [0.2, 0.25) is 0 Å². The van der Waals surface area contributed by atoms with Crippen molar-refractivity contribution in [1.29, 1.82) is 0 Å². The first-order valence-electron chi connectivity index (χ1n) is 4.61. The maximum absolute atomic E-state index is 10.4. The first-order valence-corrected chi connectivity index (χ1v) is 4.61. The predicted octanol–water partition coefficient (Wildman–Crippen LogP) is 1.40. The molecule has 0 heterocycles. The lowest BCUT2D eigenvalue weighted by molar-refractivity contribution is -0.384. The number of rotatable bonds is 4. The van der Waals surface area contributed by atoms with E-state index in [0.717, 1.165) is 0 Å². The Morgan fingerprint density at radius 1 is 1.33 bits per heavy atom. The molecule has 15 heavy (non-hydrogen) atoms. The minimum Gasteiger partial charge on any atom is -0.393 e. The Balaban J connectivity index is 2.75. The van der Waals surface area contributed by atoms with Gasteiger partial charge in [-0.2, -0.15) is 0 Å². The van der Waals surface area contributed by atoms with E-state index in [2.05, 4.69) is 0 Å². The molecule has 0 aliphatic rings. The molecule has 1 rings (SSSR count). The van der Waals surface area contributed by atoms with Crippen molar-refractivity contribution >= 4 is 5.69 Å². The van der Waals surface area contributed by atoms with Crippen molar-refractivity contribution in [2.45, 2.75) is 25.6 Å². The maximum Gasteiger partial charge on any atom is 0.269 e. The van der Waals surface area contributed by atoms with Crippen molar-refractivity contribution in [2.24, 2.45) is 0 Å². The molecule has 5 heteroatoms. The molecule has 0 spiro atoms. The van der Waals surface area contributed by atoms with Crippen molar-refractivity contribution in [3.05, 3.63) is 39.9 Å². The SMILES string of the molecule is C[C@@H](O)C[C@H](O)c1ccc([N+](=O)[O-])cc1. The number of benzene rings is 1. The molecule has 0 bridgehead atoms. The molecule has 0 radical (unpaired) electrons. The molecule has 0 saturated heterocycles. The Bertz CT molecular complexity index is 334. The Kier molecular flexibility index (Phi) is 3.76. The van der Waals surface area contributed by atoms with Gasteiger partial charge in [0.25, 0.3) is 5.69 Å². The minimum atomic E-state index is -0.786. The zero-order valence-electron chi connectivity index (χ0n) is 8.33. The summed E-state index contributed by atoms with van der Waals surface area (Å²) in [5.74, 6) is 0. The predicted molar refractivity (Wildman–Crippen MR) is 54.4 cm³/mol. The van der Waals surface area contributed by atoms with Gasteiger partial charge in [-0.1, -0.05) is 0 Å². The third-order valence-corrected chi connectivity index (χ3v) is 2.05. The number of nitro groups is 1. The lowest BCUT2D eigenvalue weighted by atomic mass is 10.0. The second kappa shape index (κ2) is 4.86. The van der Waals surface area contributed by atoms with Crippen LogP contribution in [-0.4, -0.2) is 21.2 Å². The van der Waals surface area contributed by atoms with E-state index in [1.165, 1.54) is 24.3 Å². The molecule has 0 fully saturated rings. The van der Waals surface area contributed by atoms with Crippen LogP contribution in [0.25, 0.3) is 0 Å². The van der Waals surface area contributed by atoms with E-state index < -0.39 is 17.1 Å². The Labute approximate surface area is 87.1 Å². The third-order valence-electron chi connectivity index (χ3n) is 2.05. The van der Waals surface area contributed by atoms with E-state index >= 15 is 0 Å². The molecule has 0 aromatic heterocycles. The number of nitrogens with zero attached hydrogens (tertiary/aromatic N) is 1. The molecule has 0 saturated carbocycles. The van der Waals surface area contributed by atoms with Gasteiger partial charge in [0.15, 0.2) is 0 Å². The fourth-order valence-corrected chi connectivity index (χ4v) is 1.28. The minimum absolute atomic E-state index is 0.0111. The smallest absolute Gasteiger partial charge is 0.269 e. The summed E-state index contributed by atoms with van der Waals surface area (Å²) in [5.41, 5.74) is 0.560. The summed E-state index contributed by atoms with van der Waals surface area (Å²) in [6.45, 7) is 1.58. The molecule has 0 amide bonds. The van der Waals surface area contributed by atoms with Crippen molar-refractivity contribution in [2.75, 3.05) is 0 Å². The van der Waals surface area contributed by atoms with Crippen molar-refractivity contribution < 1.29 is 15.1 Å². The summed E-state index contributed by atoms with van der Waals surface area (Å²) in [4.78, 5) is 9.87. The number of nitro benzene ring substituents is 1. The van der Waals surface area contributed by atoms with Crippen LogP contribution in [-0.2, 0) is 0 Å². The first kappa shape index (κ1) is 11.6. The molecule has 2 atom stereocenters. The van der Waals surface area contributed by atoms with Crippen LogP contribution >= 0.6 is 0 Å². The van der Waals surface area contributed by atoms with Gasteiger partial charge in [0, 0.05) is 18.6 Å². The fourth-order valence-electron chi connectivity index (χ4n) is 1.28. The van der Waals surface area contributed by atoms with Gasteiger partial charge in [-0.05, 0) is 24.6 Å². The zero-order chi connectivity index (χ0) is 11.4. The largest absolute Gasteiger partial charge is 0.393 e. The van der Waals surface area contributed by atoms with E-state index in [1.807, 2.05) is 0 Å². The number of hydrogen-bond donors (Lipinski definition) is 2. The van der Waals surface area contributed by atoms with Gasteiger partial charge in [0.2, 0.25) is 0 Å². The normalized spacial score (nSPS) is 14.6. The van der Waals surface area contributed by atoms with Crippen LogP contribution < -0.4 is 0 Å². The lowest BCUT2D eigenvalue weighted by Crippen LogP contribution is -2.07. The Hall–Kier alpha value is -1.46. The third kappa shape index (κ3) is 3.30. The molecule has 2 N–H and O–H groups in total. The van der Waals surface area contributed by atoms with E-state index in [1.54, 1.807) is 6.92 Å². The quantitative estimate of drug-likeness (QED) is 0.582. The summed E-state index contributed by atoms with van der Waals surface area (Å²) in [7, 11) is 0. The summed E-state index contributed by atoms with van der Waals surface area (Å²) in [5, 5.41) is 29.0. The van der Waals surface area contributed by atoms with Crippen LogP contribution in [0.5, 0.6) is 0 Å². The van der Waals surface area contributed by atoms with E-state index in [9.17, 15) is 15.2 Å². The van der Waals surface area contributed by atoms with Crippen LogP contribution in [0.3, 0.4) is 0 Å². The summed E-state index contributed by atoms with van der Waals surface area (Å²) < 4.78 is 0. The molecule has 0 aliphatic carbocycles. The number of aliphatic hydroxyl groups is 2. The number of hydrogen-bond acceptors (Lipinski definition) is 4.